The third-order valence-electron chi connectivity index (χ3n) is 1.61. The molecule has 1 aromatic heterocycles. The summed E-state index contributed by atoms with van der Waals surface area (Å²) in [5.74, 6) is -0.427. The fourth-order valence-corrected chi connectivity index (χ4v) is 1.95. The van der Waals surface area contributed by atoms with Crippen LogP contribution in [0.25, 0.3) is 0 Å². The maximum absolute atomic E-state index is 13.3. The van der Waals surface area contributed by atoms with Crippen molar-refractivity contribution in [3.8, 4) is 0 Å². The van der Waals surface area contributed by atoms with E-state index in [9.17, 15) is 4.39 Å². The lowest BCUT2D eigenvalue weighted by Gasteiger charge is -2.03. The number of aromatic nitrogens is 2. The van der Waals surface area contributed by atoms with E-state index in [4.69, 9.17) is 23.8 Å². The van der Waals surface area contributed by atoms with E-state index in [-0.39, 0.29) is 0 Å². The molecule has 0 spiro atoms. The molecule has 0 aliphatic rings. The van der Waals surface area contributed by atoms with Crippen LogP contribution in [0.1, 0.15) is 0 Å². The van der Waals surface area contributed by atoms with Crippen molar-refractivity contribution in [2.24, 2.45) is 0 Å². The predicted molar refractivity (Wildman–Crippen MR) is 62.0 cm³/mol. The molecular weight excluding hydrogens is 257 g/mol. The van der Waals surface area contributed by atoms with E-state index in [0.29, 0.717) is 19.8 Å². The fourth-order valence-electron chi connectivity index (χ4n) is 0.989. The molecule has 0 saturated heterocycles. The van der Waals surface area contributed by atoms with Crippen LogP contribution in [0, 0.1) is 9.77 Å². The maximum atomic E-state index is 13.3. The number of benzene rings is 1. The topological polar surface area (TPSA) is 40.7 Å². The molecule has 2 aromatic rings. The monoisotopic (exact) mass is 261 g/mol. The first kappa shape index (κ1) is 10.5. The second-order valence-corrected chi connectivity index (χ2v) is 4.77. The summed E-state index contributed by atoms with van der Waals surface area (Å²) in [7, 11) is 0. The van der Waals surface area contributed by atoms with Gasteiger partial charge in [0, 0.05) is 5.02 Å². The summed E-state index contributed by atoms with van der Waals surface area (Å²) >= 11 is 11.7. The average molecular weight is 262 g/mol. The van der Waals surface area contributed by atoms with Gasteiger partial charge in [-0.1, -0.05) is 22.9 Å². The standard InChI is InChI=1S/C8H5ClFN3S2/c9-4-1-2-6(5(10)3-4)11-7-12-13-8(14)15-7/h1-3H,(H,11,12)(H,13,14). The minimum absolute atomic E-state index is 0.317. The Bertz CT molecular complexity index is 537. The lowest BCUT2D eigenvalue weighted by atomic mass is 10.3. The highest BCUT2D eigenvalue weighted by atomic mass is 35.5. The normalized spacial score (nSPS) is 10.3. The quantitative estimate of drug-likeness (QED) is 0.809. The molecule has 0 bridgehead atoms. The largest absolute Gasteiger partial charge is 0.328 e. The van der Waals surface area contributed by atoms with E-state index in [1.54, 1.807) is 12.1 Å². The van der Waals surface area contributed by atoms with Crippen LogP contribution in [0.15, 0.2) is 18.2 Å². The van der Waals surface area contributed by atoms with E-state index >= 15 is 0 Å². The highest BCUT2D eigenvalue weighted by Gasteiger charge is 2.04. The van der Waals surface area contributed by atoms with Crippen LogP contribution < -0.4 is 5.32 Å². The fraction of sp³-hybridized carbons (Fsp3) is 0. The molecule has 0 radical (unpaired) electrons. The molecule has 2 N–H and O–H groups in total. The van der Waals surface area contributed by atoms with Gasteiger partial charge in [0.25, 0.3) is 0 Å². The molecule has 78 valence electrons. The van der Waals surface area contributed by atoms with E-state index in [1.165, 1.54) is 17.4 Å². The Hall–Kier alpha value is -0.980. The number of hydrogen-bond donors (Lipinski definition) is 2. The summed E-state index contributed by atoms with van der Waals surface area (Å²) < 4.78 is 13.9. The van der Waals surface area contributed by atoms with Crippen LogP contribution in [-0.2, 0) is 0 Å². The Balaban J connectivity index is 2.28. The number of anilines is 2. The highest BCUT2D eigenvalue weighted by molar-refractivity contribution is 7.73. The zero-order valence-corrected chi connectivity index (χ0v) is 9.64. The predicted octanol–water partition coefficient (Wildman–Crippen LogP) is 3.74. The third-order valence-corrected chi connectivity index (χ3v) is 2.85. The number of nitrogens with one attached hydrogen (secondary N) is 2. The zero-order valence-electron chi connectivity index (χ0n) is 7.25. The van der Waals surface area contributed by atoms with E-state index in [0.717, 1.165) is 0 Å². The second kappa shape index (κ2) is 4.26. The number of hydrogen-bond acceptors (Lipinski definition) is 4. The molecule has 0 fully saturated rings. The van der Waals surface area contributed by atoms with Gasteiger partial charge >= 0.3 is 0 Å². The van der Waals surface area contributed by atoms with Gasteiger partial charge in [-0.2, -0.15) is 0 Å². The highest BCUT2D eigenvalue weighted by Crippen LogP contribution is 2.23. The number of halogens is 2. The lowest BCUT2D eigenvalue weighted by molar-refractivity contribution is 0.632. The summed E-state index contributed by atoms with van der Waals surface area (Å²) in [6, 6.07) is 4.37. The first-order valence-corrected chi connectivity index (χ1v) is 5.53. The Labute approximate surface area is 98.9 Å². The number of aromatic amines is 1. The molecule has 0 aliphatic carbocycles. The van der Waals surface area contributed by atoms with Crippen LogP contribution in [0.3, 0.4) is 0 Å². The van der Waals surface area contributed by atoms with Crippen molar-refractivity contribution < 1.29 is 4.39 Å². The summed E-state index contributed by atoms with van der Waals surface area (Å²) in [4.78, 5) is 0. The molecule has 7 heteroatoms. The lowest BCUT2D eigenvalue weighted by Crippen LogP contribution is -1.92. The van der Waals surface area contributed by atoms with Gasteiger partial charge < -0.3 is 5.32 Å². The molecule has 2 rings (SSSR count). The van der Waals surface area contributed by atoms with Crippen molar-refractivity contribution in [1.82, 2.24) is 10.2 Å². The molecule has 15 heavy (non-hydrogen) atoms. The molecule has 0 saturated carbocycles. The molecule has 0 atom stereocenters. The van der Waals surface area contributed by atoms with Crippen molar-refractivity contribution in [3.63, 3.8) is 0 Å². The molecular formula is C8H5ClFN3S2. The second-order valence-electron chi connectivity index (χ2n) is 2.67. The minimum atomic E-state index is -0.427. The van der Waals surface area contributed by atoms with Gasteiger partial charge in [0.2, 0.25) is 5.13 Å². The van der Waals surface area contributed by atoms with Gasteiger partial charge in [0.1, 0.15) is 5.82 Å². The maximum Gasteiger partial charge on any atom is 0.208 e. The molecule has 1 heterocycles. The number of rotatable bonds is 2. The first-order valence-electron chi connectivity index (χ1n) is 3.93. The summed E-state index contributed by atoms with van der Waals surface area (Å²) in [5.41, 5.74) is 0.317. The van der Waals surface area contributed by atoms with Gasteiger partial charge in [-0.3, -0.25) is 5.10 Å². The van der Waals surface area contributed by atoms with Crippen molar-refractivity contribution in [3.05, 3.63) is 33.0 Å². The molecule has 0 aliphatic heterocycles. The van der Waals surface area contributed by atoms with Gasteiger partial charge in [-0.25, -0.2) is 4.39 Å². The van der Waals surface area contributed by atoms with Crippen molar-refractivity contribution in [1.29, 1.82) is 0 Å². The summed E-state index contributed by atoms with van der Waals surface area (Å²) in [6.07, 6.45) is 0. The summed E-state index contributed by atoms with van der Waals surface area (Å²) in [6.45, 7) is 0. The van der Waals surface area contributed by atoms with Gasteiger partial charge in [0.15, 0.2) is 3.95 Å². The Morgan fingerprint density at radius 1 is 1.53 bits per heavy atom. The van der Waals surface area contributed by atoms with Crippen LogP contribution in [-0.4, -0.2) is 10.2 Å². The molecule has 3 nitrogen and oxygen atoms in total. The van der Waals surface area contributed by atoms with Crippen LogP contribution in [0.4, 0.5) is 15.2 Å². The zero-order chi connectivity index (χ0) is 10.8. The molecule has 0 amide bonds. The van der Waals surface area contributed by atoms with Crippen molar-refractivity contribution >= 4 is 46.0 Å². The van der Waals surface area contributed by atoms with Crippen LogP contribution >= 0.6 is 35.2 Å². The first-order chi connectivity index (χ1) is 7.15. The number of H-pyrrole nitrogens is 1. The van der Waals surface area contributed by atoms with Gasteiger partial charge in [-0.05, 0) is 30.4 Å². The summed E-state index contributed by atoms with van der Waals surface area (Å²) in [5, 5.41) is 10.1. The smallest absolute Gasteiger partial charge is 0.208 e. The Morgan fingerprint density at radius 2 is 2.33 bits per heavy atom. The third kappa shape index (κ3) is 2.53. The Morgan fingerprint density at radius 3 is 2.93 bits per heavy atom. The number of nitrogens with zero attached hydrogens (tertiary/aromatic N) is 1. The van der Waals surface area contributed by atoms with Gasteiger partial charge in [0.05, 0.1) is 5.69 Å². The van der Waals surface area contributed by atoms with E-state index < -0.39 is 5.82 Å². The minimum Gasteiger partial charge on any atom is -0.328 e. The van der Waals surface area contributed by atoms with Crippen molar-refractivity contribution in [2.45, 2.75) is 0 Å². The van der Waals surface area contributed by atoms with Crippen LogP contribution in [0.5, 0.6) is 0 Å². The SMILES string of the molecule is Fc1cc(Cl)ccc1Nc1n[nH]c(=S)s1. The average Bonchev–Trinajstić information content (AvgIpc) is 2.56. The van der Waals surface area contributed by atoms with Gasteiger partial charge in [-0.15, -0.1) is 5.10 Å². The molecule has 0 unspecified atom stereocenters. The Kier molecular flexibility index (Phi) is 2.99. The van der Waals surface area contributed by atoms with Crippen molar-refractivity contribution in [2.75, 3.05) is 5.32 Å². The molecule has 1 aromatic carbocycles. The van der Waals surface area contributed by atoms with E-state index in [1.807, 2.05) is 0 Å². The van der Waals surface area contributed by atoms with Crippen LogP contribution in [0.2, 0.25) is 5.02 Å². The van der Waals surface area contributed by atoms with E-state index in [2.05, 4.69) is 15.5 Å².